The van der Waals surface area contributed by atoms with E-state index >= 15 is 0 Å². The molecule has 1 spiro atoms. The number of anilines is 1. The molecule has 2 N–H and O–H groups in total. The third-order valence-corrected chi connectivity index (χ3v) is 9.74. The molecule has 6 nitrogen and oxygen atoms in total. The van der Waals surface area contributed by atoms with Crippen molar-refractivity contribution in [3.63, 3.8) is 0 Å². The summed E-state index contributed by atoms with van der Waals surface area (Å²) in [6.07, 6.45) is 5.15. The van der Waals surface area contributed by atoms with Crippen molar-refractivity contribution in [2.24, 2.45) is 0 Å². The van der Waals surface area contributed by atoms with Crippen LogP contribution >= 0.6 is 11.8 Å². The van der Waals surface area contributed by atoms with Gasteiger partial charge in [-0.1, -0.05) is 44.0 Å². The number of benzene rings is 2. The van der Waals surface area contributed by atoms with Crippen LogP contribution in [-0.4, -0.2) is 52.5 Å². The number of fused-ring (bicyclic) bond motifs is 2. The molecule has 2 aliphatic heterocycles. The molecule has 1 aromatic heterocycles. The number of aromatic nitrogens is 1. The van der Waals surface area contributed by atoms with Crippen molar-refractivity contribution in [2.75, 3.05) is 30.3 Å². The lowest BCUT2D eigenvalue weighted by molar-refractivity contribution is 0.175. The van der Waals surface area contributed by atoms with Crippen LogP contribution in [0.1, 0.15) is 61.4 Å². The van der Waals surface area contributed by atoms with Crippen molar-refractivity contribution >= 4 is 23.5 Å². The van der Waals surface area contributed by atoms with Gasteiger partial charge < -0.3 is 10.4 Å². The quantitative estimate of drug-likeness (QED) is 0.336. The number of aliphatic hydroxyl groups excluding tert-OH is 1. The summed E-state index contributed by atoms with van der Waals surface area (Å²) in [6, 6.07) is 19.3. The Bertz CT molecular complexity index is 1370. The van der Waals surface area contributed by atoms with Crippen LogP contribution in [0.15, 0.2) is 59.5 Å². The van der Waals surface area contributed by atoms with Crippen LogP contribution < -0.4 is 10.2 Å². The number of amides is 2. The molecule has 0 bridgehead atoms. The number of nitrogens with one attached hydrogen (secondary N) is 1. The van der Waals surface area contributed by atoms with Gasteiger partial charge in [0.25, 0.3) is 0 Å². The van der Waals surface area contributed by atoms with Crippen LogP contribution in [0.25, 0.3) is 11.3 Å². The molecule has 7 heteroatoms. The van der Waals surface area contributed by atoms with Gasteiger partial charge in [0, 0.05) is 48.6 Å². The van der Waals surface area contributed by atoms with Gasteiger partial charge in [-0.3, -0.25) is 9.80 Å². The standard InChI is InChI=1S/C33H40N4O2S/c1-3-40-27-10-8-24(9-11-27)19-34-32(39)37-22-33(15-4-5-16-33)31-30(37)13-12-29(35-31)28-18-25(7-6-23(28)2)20-36-17-14-26(38)21-36/h6-13,18,26,38H,3-5,14-17,19-22H2,1-2H3,(H,34,39). The number of rotatable bonds is 7. The molecule has 210 valence electrons. The number of hydrogen-bond donors (Lipinski definition) is 2. The molecule has 2 aromatic carbocycles. The van der Waals surface area contributed by atoms with E-state index in [2.05, 4.69) is 78.7 Å². The van der Waals surface area contributed by atoms with E-state index in [1.54, 1.807) is 0 Å². The lowest BCUT2D eigenvalue weighted by Crippen LogP contribution is -2.41. The zero-order valence-electron chi connectivity index (χ0n) is 23.7. The topological polar surface area (TPSA) is 68.7 Å². The molecule has 1 aliphatic carbocycles. The molecule has 0 radical (unpaired) electrons. The summed E-state index contributed by atoms with van der Waals surface area (Å²) in [6.45, 7) is 8.03. The van der Waals surface area contributed by atoms with Crippen LogP contribution in [-0.2, 0) is 18.5 Å². The zero-order valence-corrected chi connectivity index (χ0v) is 24.5. The molecular formula is C33H40N4O2S. The van der Waals surface area contributed by atoms with Crippen molar-refractivity contribution in [3.05, 3.63) is 77.0 Å². The molecule has 1 saturated carbocycles. The van der Waals surface area contributed by atoms with Gasteiger partial charge in [0.2, 0.25) is 0 Å². The summed E-state index contributed by atoms with van der Waals surface area (Å²) in [5, 5.41) is 13.1. The van der Waals surface area contributed by atoms with Crippen LogP contribution in [0, 0.1) is 6.92 Å². The number of nitrogens with zero attached hydrogens (tertiary/aromatic N) is 3. The van der Waals surface area contributed by atoms with E-state index in [4.69, 9.17) is 4.98 Å². The lowest BCUT2D eigenvalue weighted by atomic mass is 9.84. The van der Waals surface area contributed by atoms with Gasteiger partial charge in [0.1, 0.15) is 0 Å². The smallest absolute Gasteiger partial charge is 0.322 e. The molecule has 2 amide bonds. The Morgan fingerprint density at radius 2 is 1.88 bits per heavy atom. The number of aryl methyl sites for hydroxylation is 1. The molecular weight excluding hydrogens is 516 g/mol. The highest BCUT2D eigenvalue weighted by Crippen LogP contribution is 2.50. The third kappa shape index (κ3) is 5.52. The molecule has 40 heavy (non-hydrogen) atoms. The highest BCUT2D eigenvalue weighted by atomic mass is 32.2. The molecule has 1 unspecified atom stereocenters. The van der Waals surface area contributed by atoms with E-state index in [-0.39, 0.29) is 17.6 Å². The van der Waals surface area contributed by atoms with Crippen LogP contribution in [0.4, 0.5) is 10.5 Å². The fraction of sp³-hybridized carbons (Fsp3) is 0.455. The predicted molar refractivity (Wildman–Crippen MR) is 163 cm³/mol. The Labute approximate surface area is 242 Å². The van der Waals surface area contributed by atoms with Crippen molar-refractivity contribution in [3.8, 4) is 11.3 Å². The van der Waals surface area contributed by atoms with Gasteiger partial charge in [-0.15, -0.1) is 11.8 Å². The summed E-state index contributed by atoms with van der Waals surface area (Å²) in [5.74, 6) is 1.05. The number of likely N-dealkylation sites (tertiary alicyclic amines) is 1. The minimum atomic E-state index is -0.212. The fourth-order valence-electron chi connectivity index (χ4n) is 6.70. The largest absolute Gasteiger partial charge is 0.392 e. The SMILES string of the molecule is CCSc1ccc(CNC(=O)N2CC3(CCCC3)c3nc(-c4cc(CN5CCC(O)C5)ccc4C)ccc32)cc1. The molecule has 3 aromatic rings. The summed E-state index contributed by atoms with van der Waals surface area (Å²) in [5.41, 5.74) is 7.68. The first-order valence-electron chi connectivity index (χ1n) is 14.7. The normalized spacial score (nSPS) is 19.9. The second kappa shape index (κ2) is 11.6. The van der Waals surface area contributed by atoms with Gasteiger partial charge in [-0.25, -0.2) is 9.78 Å². The first-order chi connectivity index (χ1) is 19.4. The van der Waals surface area contributed by atoms with E-state index in [9.17, 15) is 9.90 Å². The summed E-state index contributed by atoms with van der Waals surface area (Å²) < 4.78 is 0. The Morgan fingerprint density at radius 1 is 1.10 bits per heavy atom. The number of urea groups is 1. The molecule has 2 fully saturated rings. The third-order valence-electron chi connectivity index (χ3n) is 8.84. The summed E-state index contributed by atoms with van der Waals surface area (Å²) in [4.78, 5) is 24.3. The van der Waals surface area contributed by atoms with Gasteiger partial charge in [-0.2, -0.15) is 0 Å². The highest BCUT2D eigenvalue weighted by Gasteiger charge is 2.47. The Kier molecular flexibility index (Phi) is 7.89. The van der Waals surface area contributed by atoms with Gasteiger partial charge in [0.15, 0.2) is 0 Å². The van der Waals surface area contributed by atoms with Crippen LogP contribution in [0.3, 0.4) is 0 Å². The van der Waals surface area contributed by atoms with Crippen LogP contribution in [0.2, 0.25) is 0 Å². The van der Waals surface area contributed by atoms with Crippen molar-refractivity contribution in [2.45, 2.75) is 75.5 Å². The van der Waals surface area contributed by atoms with Gasteiger partial charge >= 0.3 is 6.03 Å². The van der Waals surface area contributed by atoms with Crippen LogP contribution in [0.5, 0.6) is 0 Å². The summed E-state index contributed by atoms with van der Waals surface area (Å²) in [7, 11) is 0. The van der Waals surface area contributed by atoms with Crippen molar-refractivity contribution in [1.29, 1.82) is 0 Å². The van der Waals surface area contributed by atoms with E-state index < -0.39 is 0 Å². The predicted octanol–water partition coefficient (Wildman–Crippen LogP) is 6.28. The van der Waals surface area contributed by atoms with E-state index in [1.807, 2.05) is 16.7 Å². The van der Waals surface area contributed by atoms with Crippen molar-refractivity contribution in [1.82, 2.24) is 15.2 Å². The Hall–Kier alpha value is -2.87. The lowest BCUT2D eigenvalue weighted by Gasteiger charge is -2.24. The molecule has 1 saturated heterocycles. The first-order valence-corrected chi connectivity index (χ1v) is 15.7. The maximum absolute atomic E-state index is 13.5. The molecule has 6 rings (SSSR count). The number of aliphatic hydroxyl groups is 1. The monoisotopic (exact) mass is 556 g/mol. The Balaban J connectivity index is 1.23. The van der Waals surface area contributed by atoms with Crippen molar-refractivity contribution < 1.29 is 9.90 Å². The number of carbonyl (C=O) groups excluding carboxylic acids is 1. The minimum absolute atomic E-state index is 0.0439. The highest BCUT2D eigenvalue weighted by molar-refractivity contribution is 7.99. The van der Waals surface area contributed by atoms with E-state index in [0.29, 0.717) is 13.1 Å². The van der Waals surface area contributed by atoms with E-state index in [1.165, 1.54) is 28.9 Å². The Morgan fingerprint density at radius 3 is 2.60 bits per heavy atom. The maximum Gasteiger partial charge on any atom is 0.322 e. The fourth-order valence-corrected chi connectivity index (χ4v) is 7.36. The second-order valence-electron chi connectivity index (χ2n) is 11.7. The molecule has 3 heterocycles. The number of pyridine rings is 1. The van der Waals surface area contributed by atoms with E-state index in [0.717, 1.165) is 72.9 Å². The minimum Gasteiger partial charge on any atom is -0.392 e. The average Bonchev–Trinajstić information content (AvgIpc) is 3.69. The van der Waals surface area contributed by atoms with Gasteiger partial charge in [-0.05, 0) is 79.0 Å². The number of hydrogen-bond acceptors (Lipinski definition) is 5. The number of thioether (sulfide) groups is 1. The summed E-state index contributed by atoms with van der Waals surface area (Å²) >= 11 is 1.83. The number of β-amino-alcohol motifs (C(OH)–C–C–N with tert-alkyl or cyclic N) is 1. The average molecular weight is 557 g/mol. The maximum atomic E-state index is 13.5. The number of carbonyl (C=O) groups is 1. The molecule has 3 aliphatic rings. The van der Waals surface area contributed by atoms with Gasteiger partial charge in [0.05, 0.1) is 23.2 Å². The first kappa shape index (κ1) is 27.3. The molecule has 1 atom stereocenters. The zero-order chi connectivity index (χ0) is 27.7. The second-order valence-corrected chi connectivity index (χ2v) is 13.0.